The van der Waals surface area contributed by atoms with Gasteiger partial charge in [-0.15, -0.1) is 12.4 Å². The van der Waals surface area contributed by atoms with E-state index < -0.39 is 4.92 Å². The van der Waals surface area contributed by atoms with Crippen molar-refractivity contribution in [3.8, 4) is 0 Å². The molecule has 1 heterocycles. The molecule has 0 saturated heterocycles. The van der Waals surface area contributed by atoms with Gasteiger partial charge in [-0.2, -0.15) is 0 Å². The molecule has 0 unspecified atom stereocenters. The van der Waals surface area contributed by atoms with Crippen molar-refractivity contribution in [2.45, 2.75) is 6.92 Å². The predicted molar refractivity (Wildman–Crippen MR) is 115 cm³/mol. The Hall–Kier alpha value is -2.55. The molecule has 148 valence electrons. The van der Waals surface area contributed by atoms with Crippen LogP contribution in [0, 0.1) is 17.0 Å². The summed E-state index contributed by atoms with van der Waals surface area (Å²) in [6.45, 7) is 3.17. The average molecular weight is 421 g/mol. The van der Waals surface area contributed by atoms with Gasteiger partial charge in [-0.05, 0) is 50.8 Å². The highest BCUT2D eigenvalue weighted by Crippen LogP contribution is 2.30. The summed E-state index contributed by atoms with van der Waals surface area (Å²) >= 11 is 1.47. The van der Waals surface area contributed by atoms with Crippen LogP contribution in [0.25, 0.3) is 10.2 Å². The second-order valence-corrected chi connectivity index (χ2v) is 7.54. The Balaban J connectivity index is 0.00000280. The Morgan fingerprint density at radius 3 is 2.43 bits per heavy atom. The number of benzene rings is 2. The Bertz CT molecular complexity index is 989. The Labute approximate surface area is 173 Å². The van der Waals surface area contributed by atoms with E-state index in [2.05, 4.69) is 11.1 Å². The van der Waals surface area contributed by atoms with E-state index in [1.54, 1.807) is 4.90 Å². The molecule has 0 N–H and O–H groups in total. The zero-order valence-electron chi connectivity index (χ0n) is 15.8. The third kappa shape index (κ3) is 4.83. The van der Waals surface area contributed by atoms with E-state index >= 15 is 0 Å². The zero-order chi connectivity index (χ0) is 19.6. The van der Waals surface area contributed by atoms with Gasteiger partial charge in [0, 0.05) is 30.8 Å². The van der Waals surface area contributed by atoms with E-state index in [4.69, 9.17) is 0 Å². The van der Waals surface area contributed by atoms with Crippen LogP contribution in [0.3, 0.4) is 0 Å². The van der Waals surface area contributed by atoms with Crippen LogP contribution >= 0.6 is 23.7 Å². The Morgan fingerprint density at radius 1 is 1.14 bits per heavy atom. The fourth-order valence-corrected chi connectivity index (χ4v) is 3.69. The number of aryl methyl sites for hydroxylation is 1. The minimum absolute atomic E-state index is 0. The van der Waals surface area contributed by atoms with Crippen LogP contribution in [0.4, 0.5) is 10.8 Å². The first-order valence-electron chi connectivity index (χ1n) is 8.43. The van der Waals surface area contributed by atoms with Crippen LogP contribution in [0.15, 0.2) is 42.5 Å². The number of hydrogen-bond acceptors (Lipinski definition) is 6. The van der Waals surface area contributed by atoms with Gasteiger partial charge in [-0.1, -0.05) is 17.4 Å². The third-order valence-corrected chi connectivity index (χ3v) is 5.15. The number of hydrogen-bond donors (Lipinski definition) is 0. The molecule has 0 bridgehead atoms. The molecule has 0 spiro atoms. The SMILES string of the molecule is Cc1ccc2nc(N(CCN(C)C)C(=O)c3ccc([N+](=O)[O-])cc3)sc2c1.Cl. The maximum absolute atomic E-state index is 13.1. The van der Waals surface area contributed by atoms with Gasteiger partial charge < -0.3 is 4.90 Å². The number of aromatic nitrogens is 1. The van der Waals surface area contributed by atoms with Gasteiger partial charge in [0.2, 0.25) is 0 Å². The highest BCUT2D eigenvalue weighted by Gasteiger charge is 2.22. The standard InChI is InChI=1S/C19H20N4O3S.ClH/c1-13-4-9-16-17(12-13)27-19(20-16)22(11-10-21(2)3)18(24)14-5-7-15(8-6-14)23(25)26;/h4-9,12H,10-11H2,1-3H3;1H. The molecule has 0 aliphatic carbocycles. The number of nitro benzene ring substituents is 1. The van der Waals surface area contributed by atoms with Crippen molar-refractivity contribution >= 4 is 50.7 Å². The fraction of sp³-hybridized carbons (Fsp3) is 0.263. The molecule has 0 saturated carbocycles. The number of likely N-dealkylation sites (N-methyl/N-ethyl adjacent to an activating group) is 1. The number of halogens is 1. The van der Waals surface area contributed by atoms with Crippen molar-refractivity contribution in [2.75, 3.05) is 32.1 Å². The highest BCUT2D eigenvalue weighted by atomic mass is 35.5. The highest BCUT2D eigenvalue weighted by molar-refractivity contribution is 7.22. The number of amides is 1. The summed E-state index contributed by atoms with van der Waals surface area (Å²) in [6.07, 6.45) is 0. The van der Waals surface area contributed by atoms with E-state index in [-0.39, 0.29) is 24.0 Å². The molecule has 0 atom stereocenters. The summed E-state index contributed by atoms with van der Waals surface area (Å²) in [4.78, 5) is 31.7. The zero-order valence-corrected chi connectivity index (χ0v) is 17.4. The number of rotatable bonds is 6. The number of anilines is 1. The molecule has 2 aromatic carbocycles. The van der Waals surface area contributed by atoms with E-state index in [9.17, 15) is 14.9 Å². The molecule has 3 rings (SSSR count). The van der Waals surface area contributed by atoms with Crippen LogP contribution in [0.1, 0.15) is 15.9 Å². The molecule has 28 heavy (non-hydrogen) atoms. The second-order valence-electron chi connectivity index (χ2n) is 6.53. The minimum Gasteiger partial charge on any atom is -0.308 e. The maximum atomic E-state index is 13.1. The first-order valence-corrected chi connectivity index (χ1v) is 9.25. The molecule has 0 radical (unpaired) electrons. The summed E-state index contributed by atoms with van der Waals surface area (Å²) in [6, 6.07) is 11.7. The lowest BCUT2D eigenvalue weighted by Gasteiger charge is -2.22. The molecular formula is C19H21ClN4O3S. The molecule has 1 aromatic heterocycles. The van der Waals surface area contributed by atoms with Crippen LogP contribution < -0.4 is 4.90 Å². The van der Waals surface area contributed by atoms with Crippen molar-refractivity contribution in [1.82, 2.24) is 9.88 Å². The van der Waals surface area contributed by atoms with E-state index in [1.165, 1.54) is 35.6 Å². The molecule has 0 aliphatic rings. The average Bonchev–Trinajstić information content (AvgIpc) is 3.04. The smallest absolute Gasteiger partial charge is 0.269 e. The monoisotopic (exact) mass is 420 g/mol. The quantitative estimate of drug-likeness (QED) is 0.442. The van der Waals surface area contributed by atoms with Gasteiger partial charge in [0.05, 0.1) is 15.1 Å². The number of fused-ring (bicyclic) bond motifs is 1. The number of carbonyl (C=O) groups is 1. The normalized spacial score (nSPS) is 10.7. The van der Waals surface area contributed by atoms with E-state index in [0.29, 0.717) is 23.8 Å². The number of thiazole rings is 1. The van der Waals surface area contributed by atoms with Gasteiger partial charge in [0.1, 0.15) is 0 Å². The number of nitrogens with zero attached hydrogens (tertiary/aromatic N) is 4. The van der Waals surface area contributed by atoms with Crippen molar-refractivity contribution in [1.29, 1.82) is 0 Å². The largest absolute Gasteiger partial charge is 0.308 e. The summed E-state index contributed by atoms with van der Waals surface area (Å²) < 4.78 is 1.02. The van der Waals surface area contributed by atoms with Crippen LogP contribution in [0.5, 0.6) is 0 Å². The lowest BCUT2D eigenvalue weighted by molar-refractivity contribution is -0.384. The van der Waals surface area contributed by atoms with Crippen molar-refractivity contribution < 1.29 is 9.72 Å². The van der Waals surface area contributed by atoms with Crippen LogP contribution in [-0.2, 0) is 0 Å². The van der Waals surface area contributed by atoms with Crippen molar-refractivity contribution in [3.05, 3.63) is 63.7 Å². The Kier molecular flexibility index (Phi) is 7.06. The lowest BCUT2D eigenvalue weighted by atomic mass is 10.2. The first-order chi connectivity index (χ1) is 12.8. The van der Waals surface area contributed by atoms with Gasteiger partial charge >= 0.3 is 0 Å². The summed E-state index contributed by atoms with van der Waals surface area (Å²) in [7, 11) is 3.88. The third-order valence-electron chi connectivity index (χ3n) is 4.10. The topological polar surface area (TPSA) is 79.6 Å². The summed E-state index contributed by atoms with van der Waals surface area (Å²) in [5.41, 5.74) is 2.35. The van der Waals surface area contributed by atoms with Crippen LogP contribution in [-0.4, -0.2) is 47.9 Å². The van der Waals surface area contributed by atoms with Gasteiger partial charge in [-0.3, -0.25) is 19.8 Å². The summed E-state index contributed by atoms with van der Waals surface area (Å²) in [5.74, 6) is -0.220. The molecule has 1 amide bonds. The fourth-order valence-electron chi connectivity index (χ4n) is 2.60. The van der Waals surface area contributed by atoms with E-state index in [0.717, 1.165) is 15.8 Å². The molecule has 9 heteroatoms. The predicted octanol–water partition coefficient (Wildman–Crippen LogP) is 4.14. The van der Waals surface area contributed by atoms with Gasteiger partial charge in [-0.25, -0.2) is 4.98 Å². The van der Waals surface area contributed by atoms with Crippen LogP contribution in [0.2, 0.25) is 0 Å². The van der Waals surface area contributed by atoms with Crippen molar-refractivity contribution in [2.24, 2.45) is 0 Å². The molecule has 0 fully saturated rings. The second kappa shape index (κ2) is 9.09. The first kappa shape index (κ1) is 21.7. The van der Waals surface area contributed by atoms with E-state index in [1.807, 2.05) is 38.1 Å². The molecule has 0 aliphatic heterocycles. The molecule has 7 nitrogen and oxygen atoms in total. The van der Waals surface area contributed by atoms with Crippen molar-refractivity contribution in [3.63, 3.8) is 0 Å². The maximum Gasteiger partial charge on any atom is 0.269 e. The summed E-state index contributed by atoms with van der Waals surface area (Å²) in [5, 5.41) is 11.5. The number of carbonyl (C=O) groups excluding carboxylic acids is 1. The van der Waals surface area contributed by atoms with Gasteiger partial charge in [0.15, 0.2) is 5.13 Å². The van der Waals surface area contributed by atoms with Gasteiger partial charge in [0.25, 0.3) is 11.6 Å². The molecular weight excluding hydrogens is 400 g/mol. The Morgan fingerprint density at radius 2 is 1.82 bits per heavy atom. The minimum atomic E-state index is -0.478. The lowest BCUT2D eigenvalue weighted by Crippen LogP contribution is -2.36. The number of nitro groups is 1. The number of non-ortho nitro benzene ring substituents is 1. The molecule has 3 aromatic rings.